The van der Waals surface area contributed by atoms with E-state index < -0.39 is 0 Å². The maximum Gasteiger partial charge on any atom is -0.0414 e. The van der Waals surface area contributed by atoms with Crippen LogP contribution in [-0.4, -0.2) is 0 Å². The first-order chi connectivity index (χ1) is 7.36. The Morgan fingerprint density at radius 2 is 1.73 bits per heavy atom. The predicted octanol–water partition coefficient (Wildman–Crippen LogP) is 5.56. The van der Waals surface area contributed by atoms with Gasteiger partial charge in [0.15, 0.2) is 0 Å². The Hall–Kier alpha value is 0. The van der Waals surface area contributed by atoms with Gasteiger partial charge >= 0.3 is 0 Å². The van der Waals surface area contributed by atoms with Gasteiger partial charge < -0.3 is 0 Å². The van der Waals surface area contributed by atoms with Crippen LogP contribution in [0.5, 0.6) is 0 Å². The highest BCUT2D eigenvalue weighted by Gasteiger charge is 2.16. The molecule has 0 spiro atoms. The van der Waals surface area contributed by atoms with Crippen molar-refractivity contribution in [3.63, 3.8) is 0 Å². The van der Waals surface area contributed by atoms with Crippen LogP contribution < -0.4 is 0 Å². The maximum absolute atomic E-state index is 2.38. The lowest BCUT2D eigenvalue weighted by atomic mass is 9.89. The second kappa shape index (κ2) is 8.19. The maximum atomic E-state index is 2.38. The zero-order valence-corrected chi connectivity index (χ0v) is 10.9. The van der Waals surface area contributed by atoms with Crippen molar-refractivity contribution in [2.75, 3.05) is 0 Å². The minimum atomic E-state index is 1.04. The lowest BCUT2D eigenvalue weighted by Gasteiger charge is -2.17. The second-order valence-corrected chi connectivity index (χ2v) is 5.50. The van der Waals surface area contributed by atoms with E-state index in [-0.39, 0.29) is 0 Å². The van der Waals surface area contributed by atoms with Gasteiger partial charge in [0.05, 0.1) is 0 Å². The summed E-state index contributed by atoms with van der Waals surface area (Å²) in [6.07, 6.45) is 16.3. The average molecular weight is 210 g/mol. The number of hydrogen-bond donors (Lipinski definition) is 0. The summed E-state index contributed by atoms with van der Waals surface area (Å²) in [4.78, 5) is 0. The zero-order chi connectivity index (χ0) is 10.9. The molecule has 0 amide bonds. The van der Waals surface area contributed by atoms with Crippen LogP contribution in [0.3, 0.4) is 0 Å². The lowest BCUT2D eigenvalue weighted by Crippen LogP contribution is -2.03. The van der Waals surface area contributed by atoms with E-state index in [2.05, 4.69) is 13.8 Å². The Kier molecular flexibility index (Phi) is 7.13. The normalized spacial score (nSPS) is 19.6. The van der Waals surface area contributed by atoms with E-state index in [0.29, 0.717) is 0 Å². The quantitative estimate of drug-likeness (QED) is 0.460. The topological polar surface area (TPSA) is 0 Å². The first kappa shape index (κ1) is 13.1. The molecule has 0 N–H and O–H groups in total. The van der Waals surface area contributed by atoms with E-state index in [4.69, 9.17) is 0 Å². The molecule has 0 radical (unpaired) electrons. The predicted molar refractivity (Wildman–Crippen MR) is 69.1 cm³/mol. The summed E-state index contributed by atoms with van der Waals surface area (Å²) in [7, 11) is 0. The van der Waals surface area contributed by atoms with Gasteiger partial charge in [-0.3, -0.25) is 0 Å². The molecule has 0 aliphatic heterocycles. The number of rotatable bonds is 8. The standard InChI is InChI=1S/C15H30/c1-3-5-6-9-14(4-2)12-13-15-10-7-8-11-15/h14-15H,3-13H2,1-2H3. The third-order valence-corrected chi connectivity index (χ3v) is 4.25. The highest BCUT2D eigenvalue weighted by Crippen LogP contribution is 2.31. The third-order valence-electron chi connectivity index (χ3n) is 4.25. The molecule has 0 bridgehead atoms. The number of hydrogen-bond acceptors (Lipinski definition) is 0. The van der Waals surface area contributed by atoms with Crippen LogP contribution in [0.4, 0.5) is 0 Å². The Morgan fingerprint density at radius 3 is 2.33 bits per heavy atom. The van der Waals surface area contributed by atoms with Crippen molar-refractivity contribution in [3.05, 3.63) is 0 Å². The SMILES string of the molecule is CCCCCC(CC)CCC1CCCC1. The van der Waals surface area contributed by atoms with Crippen molar-refractivity contribution < 1.29 is 0 Å². The smallest absolute Gasteiger partial charge is 0.0414 e. The fraction of sp³-hybridized carbons (Fsp3) is 1.00. The summed E-state index contributed by atoms with van der Waals surface area (Å²) in [5, 5.41) is 0. The van der Waals surface area contributed by atoms with Crippen LogP contribution in [0.1, 0.15) is 84.5 Å². The molecule has 0 aromatic heterocycles. The first-order valence-corrected chi connectivity index (χ1v) is 7.36. The third kappa shape index (κ3) is 5.58. The van der Waals surface area contributed by atoms with Crippen molar-refractivity contribution in [3.8, 4) is 0 Å². The van der Waals surface area contributed by atoms with Gasteiger partial charge in [-0.2, -0.15) is 0 Å². The Labute approximate surface area is 96.8 Å². The van der Waals surface area contributed by atoms with Gasteiger partial charge in [0, 0.05) is 0 Å². The molecule has 0 heterocycles. The van der Waals surface area contributed by atoms with Gasteiger partial charge in [-0.1, -0.05) is 84.5 Å². The Morgan fingerprint density at radius 1 is 1.00 bits per heavy atom. The van der Waals surface area contributed by atoms with E-state index >= 15 is 0 Å². The van der Waals surface area contributed by atoms with E-state index in [1.807, 2.05) is 0 Å². The molecule has 1 saturated carbocycles. The van der Waals surface area contributed by atoms with Crippen LogP contribution in [0.15, 0.2) is 0 Å². The van der Waals surface area contributed by atoms with Crippen molar-refractivity contribution >= 4 is 0 Å². The number of unbranched alkanes of at least 4 members (excludes halogenated alkanes) is 2. The van der Waals surface area contributed by atoms with E-state index in [9.17, 15) is 0 Å². The van der Waals surface area contributed by atoms with Crippen molar-refractivity contribution in [1.82, 2.24) is 0 Å². The molecule has 1 unspecified atom stereocenters. The molecule has 0 saturated heterocycles. The molecule has 1 rings (SSSR count). The average Bonchev–Trinajstić information content (AvgIpc) is 2.76. The van der Waals surface area contributed by atoms with Crippen molar-refractivity contribution in [2.45, 2.75) is 84.5 Å². The van der Waals surface area contributed by atoms with Crippen molar-refractivity contribution in [2.24, 2.45) is 11.8 Å². The molecule has 90 valence electrons. The van der Waals surface area contributed by atoms with Gasteiger partial charge in [0.1, 0.15) is 0 Å². The highest BCUT2D eigenvalue weighted by molar-refractivity contribution is 4.69. The fourth-order valence-corrected chi connectivity index (χ4v) is 3.01. The molecule has 15 heavy (non-hydrogen) atoms. The van der Waals surface area contributed by atoms with Crippen LogP contribution in [0, 0.1) is 11.8 Å². The monoisotopic (exact) mass is 210 g/mol. The molecular formula is C15H30. The van der Waals surface area contributed by atoms with E-state index in [0.717, 1.165) is 11.8 Å². The molecule has 0 heteroatoms. The minimum Gasteiger partial charge on any atom is -0.0654 e. The summed E-state index contributed by atoms with van der Waals surface area (Å²) in [5.41, 5.74) is 0. The highest BCUT2D eigenvalue weighted by atomic mass is 14.2. The first-order valence-electron chi connectivity index (χ1n) is 7.36. The van der Waals surface area contributed by atoms with Gasteiger partial charge in [0.25, 0.3) is 0 Å². The fourth-order valence-electron chi connectivity index (χ4n) is 3.01. The van der Waals surface area contributed by atoms with Crippen LogP contribution >= 0.6 is 0 Å². The molecule has 1 atom stereocenters. The van der Waals surface area contributed by atoms with Gasteiger partial charge in [-0.25, -0.2) is 0 Å². The second-order valence-electron chi connectivity index (χ2n) is 5.50. The molecule has 1 aliphatic carbocycles. The molecule has 1 aliphatic rings. The summed E-state index contributed by atoms with van der Waals surface area (Å²) < 4.78 is 0. The van der Waals surface area contributed by atoms with E-state index in [1.165, 1.54) is 70.6 Å². The van der Waals surface area contributed by atoms with Gasteiger partial charge in [-0.15, -0.1) is 0 Å². The summed E-state index contributed by atoms with van der Waals surface area (Å²) >= 11 is 0. The Bertz CT molecular complexity index is 133. The van der Waals surface area contributed by atoms with Gasteiger partial charge in [-0.05, 0) is 11.8 Å². The molecule has 0 nitrogen and oxygen atoms in total. The van der Waals surface area contributed by atoms with Crippen molar-refractivity contribution in [1.29, 1.82) is 0 Å². The van der Waals surface area contributed by atoms with Crippen LogP contribution in [0.2, 0.25) is 0 Å². The Balaban J connectivity index is 2.04. The molecular weight excluding hydrogens is 180 g/mol. The summed E-state index contributed by atoms with van der Waals surface area (Å²) in [6, 6.07) is 0. The van der Waals surface area contributed by atoms with Gasteiger partial charge in [0.2, 0.25) is 0 Å². The zero-order valence-electron chi connectivity index (χ0n) is 10.9. The summed E-state index contributed by atoms with van der Waals surface area (Å²) in [5.74, 6) is 2.14. The van der Waals surface area contributed by atoms with E-state index in [1.54, 1.807) is 0 Å². The lowest BCUT2D eigenvalue weighted by molar-refractivity contribution is 0.361. The molecule has 1 fully saturated rings. The van der Waals surface area contributed by atoms with Crippen LogP contribution in [-0.2, 0) is 0 Å². The molecule has 0 aromatic rings. The molecule has 0 aromatic carbocycles. The summed E-state index contributed by atoms with van der Waals surface area (Å²) in [6.45, 7) is 4.69. The minimum absolute atomic E-state index is 1.04. The largest absolute Gasteiger partial charge is 0.0654 e. The van der Waals surface area contributed by atoms with Crippen LogP contribution in [0.25, 0.3) is 0 Å².